The molecule has 1 aromatic carbocycles. The highest BCUT2D eigenvalue weighted by Gasteiger charge is 2.19. The first kappa shape index (κ1) is 11.6. The molecule has 2 N–H and O–H groups in total. The van der Waals surface area contributed by atoms with Crippen molar-refractivity contribution in [1.29, 1.82) is 0 Å². The van der Waals surface area contributed by atoms with Gasteiger partial charge in [-0.25, -0.2) is 0 Å². The lowest BCUT2D eigenvalue weighted by Crippen LogP contribution is -2.43. The van der Waals surface area contributed by atoms with E-state index < -0.39 is 0 Å². The SMILES string of the molecule is CC[C@H](CO)N[C@H]1CCc2ccccc2C1. The molecule has 2 heteroatoms. The summed E-state index contributed by atoms with van der Waals surface area (Å²) in [5, 5.41) is 12.7. The Morgan fingerprint density at radius 3 is 2.81 bits per heavy atom. The molecule has 0 radical (unpaired) electrons. The van der Waals surface area contributed by atoms with Gasteiger partial charge in [0.25, 0.3) is 0 Å². The summed E-state index contributed by atoms with van der Waals surface area (Å²) < 4.78 is 0. The Morgan fingerprint density at radius 1 is 1.38 bits per heavy atom. The molecule has 1 aromatic rings. The maximum absolute atomic E-state index is 9.19. The largest absolute Gasteiger partial charge is 0.395 e. The molecule has 0 saturated carbocycles. The van der Waals surface area contributed by atoms with Crippen LogP contribution in [-0.4, -0.2) is 23.8 Å². The summed E-state index contributed by atoms with van der Waals surface area (Å²) in [6.45, 7) is 2.36. The zero-order chi connectivity index (χ0) is 11.4. The number of nitrogens with one attached hydrogen (secondary N) is 1. The minimum atomic E-state index is 0.245. The summed E-state index contributed by atoms with van der Waals surface area (Å²) in [6.07, 6.45) is 4.45. The lowest BCUT2D eigenvalue weighted by atomic mass is 9.88. The highest BCUT2D eigenvalue weighted by atomic mass is 16.3. The third-order valence-corrected chi connectivity index (χ3v) is 3.53. The van der Waals surface area contributed by atoms with Crippen molar-refractivity contribution in [3.63, 3.8) is 0 Å². The van der Waals surface area contributed by atoms with E-state index in [1.807, 2.05) is 0 Å². The molecule has 0 amide bonds. The minimum absolute atomic E-state index is 0.245. The molecule has 0 spiro atoms. The summed E-state index contributed by atoms with van der Waals surface area (Å²) in [7, 11) is 0. The number of hydrogen-bond acceptors (Lipinski definition) is 2. The predicted molar refractivity (Wildman–Crippen MR) is 66.6 cm³/mol. The predicted octanol–water partition coefficient (Wildman–Crippen LogP) is 1.90. The highest BCUT2D eigenvalue weighted by molar-refractivity contribution is 5.30. The zero-order valence-corrected chi connectivity index (χ0v) is 9.95. The minimum Gasteiger partial charge on any atom is -0.395 e. The van der Waals surface area contributed by atoms with Gasteiger partial charge in [0.15, 0.2) is 0 Å². The molecule has 0 unspecified atom stereocenters. The highest BCUT2D eigenvalue weighted by Crippen LogP contribution is 2.21. The molecule has 88 valence electrons. The standard InChI is InChI=1S/C14H21NO/c1-2-13(10-16)15-14-8-7-11-5-3-4-6-12(11)9-14/h3-6,13-16H,2,7-10H2,1H3/t13-,14+/m1/s1. The number of aliphatic hydroxyl groups excluding tert-OH is 1. The second-order valence-corrected chi connectivity index (χ2v) is 4.66. The van der Waals surface area contributed by atoms with E-state index in [1.165, 1.54) is 17.5 Å². The summed E-state index contributed by atoms with van der Waals surface area (Å²) in [6, 6.07) is 9.49. The third-order valence-electron chi connectivity index (χ3n) is 3.53. The monoisotopic (exact) mass is 219 g/mol. The Balaban J connectivity index is 1.97. The average Bonchev–Trinajstić information content (AvgIpc) is 2.35. The van der Waals surface area contributed by atoms with E-state index in [9.17, 15) is 5.11 Å². The van der Waals surface area contributed by atoms with E-state index in [1.54, 1.807) is 0 Å². The van der Waals surface area contributed by atoms with E-state index in [4.69, 9.17) is 0 Å². The second-order valence-electron chi connectivity index (χ2n) is 4.66. The van der Waals surface area contributed by atoms with Crippen molar-refractivity contribution in [2.75, 3.05) is 6.61 Å². The summed E-state index contributed by atoms with van der Waals surface area (Å²) >= 11 is 0. The van der Waals surface area contributed by atoms with Gasteiger partial charge in [-0.3, -0.25) is 0 Å². The molecule has 0 saturated heterocycles. The molecule has 0 aliphatic heterocycles. The second kappa shape index (κ2) is 5.46. The molecule has 0 heterocycles. The fourth-order valence-electron chi connectivity index (χ4n) is 2.47. The van der Waals surface area contributed by atoms with Crippen LogP contribution in [0, 0.1) is 0 Å². The van der Waals surface area contributed by atoms with Crippen LogP contribution in [0.2, 0.25) is 0 Å². The number of aliphatic hydroxyl groups is 1. The molecular formula is C14H21NO. The maximum atomic E-state index is 9.19. The number of hydrogen-bond donors (Lipinski definition) is 2. The first-order valence-electron chi connectivity index (χ1n) is 6.27. The molecule has 0 bridgehead atoms. The van der Waals surface area contributed by atoms with Gasteiger partial charge in [-0.15, -0.1) is 0 Å². The Kier molecular flexibility index (Phi) is 3.97. The van der Waals surface area contributed by atoms with Gasteiger partial charge < -0.3 is 10.4 Å². The lowest BCUT2D eigenvalue weighted by molar-refractivity contribution is 0.223. The Morgan fingerprint density at radius 2 is 2.12 bits per heavy atom. The van der Waals surface area contributed by atoms with Gasteiger partial charge in [-0.2, -0.15) is 0 Å². The smallest absolute Gasteiger partial charge is 0.0584 e. The average molecular weight is 219 g/mol. The first-order chi connectivity index (χ1) is 7.83. The van der Waals surface area contributed by atoms with Crippen LogP contribution in [0.1, 0.15) is 30.9 Å². The van der Waals surface area contributed by atoms with Gasteiger partial charge in [0, 0.05) is 12.1 Å². The zero-order valence-electron chi connectivity index (χ0n) is 9.95. The van der Waals surface area contributed by atoms with Gasteiger partial charge in [-0.1, -0.05) is 31.2 Å². The Labute approximate surface area is 97.7 Å². The van der Waals surface area contributed by atoms with Gasteiger partial charge >= 0.3 is 0 Å². The van der Waals surface area contributed by atoms with Crippen molar-refractivity contribution >= 4 is 0 Å². The van der Waals surface area contributed by atoms with Crippen molar-refractivity contribution in [3.8, 4) is 0 Å². The fraction of sp³-hybridized carbons (Fsp3) is 0.571. The van der Waals surface area contributed by atoms with E-state index in [2.05, 4.69) is 36.5 Å². The van der Waals surface area contributed by atoms with Crippen molar-refractivity contribution < 1.29 is 5.11 Å². The van der Waals surface area contributed by atoms with Crippen molar-refractivity contribution in [1.82, 2.24) is 5.32 Å². The molecule has 2 rings (SSSR count). The van der Waals surface area contributed by atoms with Crippen LogP contribution in [0.25, 0.3) is 0 Å². The quantitative estimate of drug-likeness (QED) is 0.810. The van der Waals surface area contributed by atoms with Gasteiger partial charge in [0.2, 0.25) is 0 Å². The van der Waals surface area contributed by atoms with Gasteiger partial charge in [0.05, 0.1) is 6.61 Å². The summed E-state index contributed by atoms with van der Waals surface area (Å²) in [4.78, 5) is 0. The van der Waals surface area contributed by atoms with Crippen LogP contribution in [-0.2, 0) is 12.8 Å². The molecule has 16 heavy (non-hydrogen) atoms. The summed E-state index contributed by atoms with van der Waals surface area (Å²) in [5.74, 6) is 0. The molecule has 1 aliphatic carbocycles. The van der Waals surface area contributed by atoms with Crippen molar-refractivity contribution in [2.24, 2.45) is 0 Å². The topological polar surface area (TPSA) is 32.3 Å². The summed E-state index contributed by atoms with van der Waals surface area (Å²) in [5.41, 5.74) is 2.97. The number of benzene rings is 1. The molecule has 1 aliphatic rings. The number of rotatable bonds is 4. The van der Waals surface area contributed by atoms with E-state index in [0.29, 0.717) is 6.04 Å². The van der Waals surface area contributed by atoms with Crippen LogP contribution in [0.15, 0.2) is 24.3 Å². The molecule has 0 aromatic heterocycles. The Hall–Kier alpha value is -0.860. The fourth-order valence-corrected chi connectivity index (χ4v) is 2.47. The van der Waals surface area contributed by atoms with Gasteiger partial charge in [-0.05, 0) is 36.8 Å². The van der Waals surface area contributed by atoms with Crippen molar-refractivity contribution in [3.05, 3.63) is 35.4 Å². The van der Waals surface area contributed by atoms with Crippen LogP contribution in [0.4, 0.5) is 0 Å². The van der Waals surface area contributed by atoms with Crippen molar-refractivity contribution in [2.45, 2.75) is 44.7 Å². The lowest BCUT2D eigenvalue weighted by Gasteiger charge is -2.28. The Bertz CT molecular complexity index is 333. The maximum Gasteiger partial charge on any atom is 0.0584 e. The van der Waals surface area contributed by atoms with Crippen LogP contribution < -0.4 is 5.32 Å². The molecule has 0 fully saturated rings. The van der Waals surface area contributed by atoms with Crippen LogP contribution >= 0.6 is 0 Å². The normalized spacial score (nSPS) is 21.5. The van der Waals surface area contributed by atoms with Gasteiger partial charge in [0.1, 0.15) is 0 Å². The van der Waals surface area contributed by atoms with E-state index >= 15 is 0 Å². The third kappa shape index (κ3) is 2.63. The van der Waals surface area contributed by atoms with Crippen LogP contribution in [0.5, 0.6) is 0 Å². The van der Waals surface area contributed by atoms with Crippen LogP contribution in [0.3, 0.4) is 0 Å². The molecular weight excluding hydrogens is 198 g/mol. The molecule has 2 nitrogen and oxygen atoms in total. The first-order valence-corrected chi connectivity index (χ1v) is 6.27. The number of fused-ring (bicyclic) bond motifs is 1. The molecule has 2 atom stereocenters. The van der Waals surface area contributed by atoms with E-state index in [0.717, 1.165) is 19.3 Å². The van der Waals surface area contributed by atoms with E-state index in [-0.39, 0.29) is 12.6 Å². The number of aryl methyl sites for hydroxylation is 1.